The maximum Gasteiger partial charge on any atom is 0.229 e. The normalized spacial score (nSPS) is 16.7. The van der Waals surface area contributed by atoms with E-state index in [1.807, 2.05) is 19.1 Å². The second kappa shape index (κ2) is 7.56. The van der Waals surface area contributed by atoms with Crippen LogP contribution in [0.25, 0.3) is 0 Å². The summed E-state index contributed by atoms with van der Waals surface area (Å²) in [5.41, 5.74) is 1.95. The van der Waals surface area contributed by atoms with Gasteiger partial charge in [0, 0.05) is 24.3 Å². The Morgan fingerprint density at radius 2 is 2.00 bits per heavy atom. The molecule has 3 rings (SSSR count). The van der Waals surface area contributed by atoms with Gasteiger partial charge in [-0.05, 0) is 61.9 Å². The maximum atomic E-state index is 13.2. The van der Waals surface area contributed by atoms with E-state index in [0.29, 0.717) is 24.4 Å². The third-order valence-corrected chi connectivity index (χ3v) is 4.40. The van der Waals surface area contributed by atoms with Gasteiger partial charge in [-0.3, -0.25) is 9.59 Å². The standard InChI is InChI=1S/C20H21FN2O3/c1-3-26-17-7-5-16(6-8-17)23-12-14(11-19(23)24)20(25)22-18-9-4-15(21)10-13(18)2/h4-10,14H,3,11-12H2,1-2H3,(H,22,25)/t14-/m1/s1. The lowest BCUT2D eigenvalue weighted by Gasteiger charge is -2.17. The molecular weight excluding hydrogens is 335 g/mol. The molecule has 1 aliphatic heterocycles. The minimum absolute atomic E-state index is 0.0925. The summed E-state index contributed by atoms with van der Waals surface area (Å²) in [6, 6.07) is 11.4. The van der Waals surface area contributed by atoms with Crippen molar-refractivity contribution in [1.82, 2.24) is 0 Å². The van der Waals surface area contributed by atoms with Crippen LogP contribution in [0.4, 0.5) is 15.8 Å². The molecule has 0 bridgehead atoms. The first kappa shape index (κ1) is 17.9. The molecule has 2 aromatic rings. The number of nitrogens with one attached hydrogen (secondary N) is 1. The van der Waals surface area contributed by atoms with Gasteiger partial charge in [0.05, 0.1) is 12.5 Å². The van der Waals surface area contributed by atoms with E-state index in [0.717, 1.165) is 11.4 Å². The molecule has 1 aliphatic rings. The summed E-state index contributed by atoms with van der Waals surface area (Å²) in [5.74, 6) is -0.382. The molecule has 1 N–H and O–H groups in total. The lowest BCUT2D eigenvalue weighted by molar-refractivity contribution is -0.122. The molecule has 0 radical (unpaired) electrons. The minimum atomic E-state index is -0.446. The van der Waals surface area contributed by atoms with Gasteiger partial charge in [0.15, 0.2) is 0 Å². The molecule has 0 saturated carbocycles. The highest BCUT2D eigenvalue weighted by atomic mass is 19.1. The van der Waals surface area contributed by atoms with Crippen LogP contribution in [0.15, 0.2) is 42.5 Å². The first-order valence-electron chi connectivity index (χ1n) is 8.58. The number of benzene rings is 2. The molecule has 0 aromatic heterocycles. The maximum absolute atomic E-state index is 13.2. The number of amides is 2. The Morgan fingerprint density at radius 3 is 2.65 bits per heavy atom. The topological polar surface area (TPSA) is 58.6 Å². The first-order valence-corrected chi connectivity index (χ1v) is 8.58. The van der Waals surface area contributed by atoms with Gasteiger partial charge in [-0.15, -0.1) is 0 Å². The van der Waals surface area contributed by atoms with Gasteiger partial charge in [0.2, 0.25) is 11.8 Å². The molecule has 2 amide bonds. The Kier molecular flexibility index (Phi) is 5.21. The van der Waals surface area contributed by atoms with Gasteiger partial charge >= 0.3 is 0 Å². The largest absolute Gasteiger partial charge is 0.494 e. The van der Waals surface area contributed by atoms with Crippen molar-refractivity contribution in [3.8, 4) is 5.75 Å². The minimum Gasteiger partial charge on any atom is -0.494 e. The monoisotopic (exact) mass is 356 g/mol. The Balaban J connectivity index is 1.67. The van der Waals surface area contributed by atoms with Crippen LogP contribution < -0.4 is 15.0 Å². The Hall–Kier alpha value is -2.89. The summed E-state index contributed by atoms with van der Waals surface area (Å²) in [6.45, 7) is 4.53. The van der Waals surface area contributed by atoms with E-state index in [9.17, 15) is 14.0 Å². The molecule has 5 nitrogen and oxygen atoms in total. The summed E-state index contributed by atoms with van der Waals surface area (Å²) in [4.78, 5) is 26.4. The van der Waals surface area contributed by atoms with Crippen LogP contribution in [0.5, 0.6) is 5.75 Å². The lowest BCUT2D eigenvalue weighted by atomic mass is 10.1. The quantitative estimate of drug-likeness (QED) is 0.892. The zero-order valence-corrected chi connectivity index (χ0v) is 14.8. The smallest absolute Gasteiger partial charge is 0.229 e. The fourth-order valence-electron chi connectivity index (χ4n) is 3.02. The van der Waals surface area contributed by atoms with E-state index >= 15 is 0 Å². The van der Waals surface area contributed by atoms with Gasteiger partial charge in [0.1, 0.15) is 11.6 Å². The zero-order chi connectivity index (χ0) is 18.7. The Labute approximate surface area is 151 Å². The van der Waals surface area contributed by atoms with Crippen molar-refractivity contribution >= 4 is 23.2 Å². The van der Waals surface area contributed by atoms with Gasteiger partial charge in [0.25, 0.3) is 0 Å². The number of rotatable bonds is 5. The number of anilines is 2. The van der Waals surface area contributed by atoms with E-state index in [1.54, 1.807) is 24.0 Å². The highest BCUT2D eigenvalue weighted by Gasteiger charge is 2.35. The summed E-state index contributed by atoms with van der Waals surface area (Å²) >= 11 is 0. The van der Waals surface area contributed by atoms with Crippen molar-refractivity contribution in [3.63, 3.8) is 0 Å². The first-order chi connectivity index (χ1) is 12.5. The summed E-state index contributed by atoms with van der Waals surface area (Å²) in [6.07, 6.45) is 0.152. The number of carbonyl (C=O) groups excluding carboxylic acids is 2. The van der Waals surface area contributed by atoms with E-state index in [1.165, 1.54) is 18.2 Å². The second-order valence-corrected chi connectivity index (χ2v) is 6.28. The van der Waals surface area contributed by atoms with Gasteiger partial charge in [-0.1, -0.05) is 0 Å². The van der Waals surface area contributed by atoms with Crippen molar-refractivity contribution in [1.29, 1.82) is 0 Å². The molecule has 26 heavy (non-hydrogen) atoms. The Morgan fingerprint density at radius 1 is 1.27 bits per heavy atom. The van der Waals surface area contributed by atoms with Crippen LogP contribution >= 0.6 is 0 Å². The van der Waals surface area contributed by atoms with Gasteiger partial charge < -0.3 is 15.0 Å². The molecule has 1 saturated heterocycles. The molecule has 0 spiro atoms. The fraction of sp³-hybridized carbons (Fsp3) is 0.300. The number of aryl methyl sites for hydroxylation is 1. The van der Waals surface area contributed by atoms with Crippen molar-refractivity contribution in [2.75, 3.05) is 23.4 Å². The van der Waals surface area contributed by atoms with Gasteiger partial charge in [-0.25, -0.2) is 4.39 Å². The fourth-order valence-corrected chi connectivity index (χ4v) is 3.02. The van der Waals surface area contributed by atoms with Crippen LogP contribution in [0, 0.1) is 18.7 Å². The molecule has 136 valence electrons. The molecule has 6 heteroatoms. The number of nitrogens with zero attached hydrogens (tertiary/aromatic N) is 1. The number of hydrogen-bond donors (Lipinski definition) is 1. The number of halogens is 1. The van der Waals surface area contributed by atoms with Crippen molar-refractivity contribution in [2.45, 2.75) is 20.3 Å². The van der Waals surface area contributed by atoms with E-state index in [-0.39, 0.29) is 24.1 Å². The van der Waals surface area contributed by atoms with Crippen LogP contribution in [0.3, 0.4) is 0 Å². The summed E-state index contributed by atoms with van der Waals surface area (Å²) in [7, 11) is 0. The van der Waals surface area contributed by atoms with Crippen molar-refractivity contribution in [3.05, 3.63) is 53.8 Å². The second-order valence-electron chi connectivity index (χ2n) is 6.28. The molecule has 1 fully saturated rings. The highest BCUT2D eigenvalue weighted by Crippen LogP contribution is 2.28. The van der Waals surface area contributed by atoms with Crippen molar-refractivity contribution in [2.24, 2.45) is 5.92 Å². The van der Waals surface area contributed by atoms with Crippen LogP contribution in [-0.2, 0) is 9.59 Å². The van der Waals surface area contributed by atoms with Crippen LogP contribution in [0.2, 0.25) is 0 Å². The van der Waals surface area contributed by atoms with Gasteiger partial charge in [-0.2, -0.15) is 0 Å². The predicted octanol–water partition coefficient (Wildman–Crippen LogP) is 3.52. The molecular formula is C20H21FN2O3. The summed E-state index contributed by atoms with van der Waals surface area (Å²) < 4.78 is 18.6. The number of ether oxygens (including phenoxy) is 1. The SMILES string of the molecule is CCOc1ccc(N2C[C@H](C(=O)Nc3ccc(F)cc3C)CC2=O)cc1. The molecule has 0 aliphatic carbocycles. The average molecular weight is 356 g/mol. The van der Waals surface area contributed by atoms with E-state index in [4.69, 9.17) is 4.74 Å². The van der Waals surface area contributed by atoms with E-state index in [2.05, 4.69) is 5.32 Å². The third kappa shape index (κ3) is 3.85. The van der Waals surface area contributed by atoms with Crippen LogP contribution in [0.1, 0.15) is 18.9 Å². The number of carbonyl (C=O) groups is 2. The van der Waals surface area contributed by atoms with Crippen molar-refractivity contribution < 1.29 is 18.7 Å². The lowest BCUT2D eigenvalue weighted by Crippen LogP contribution is -2.28. The summed E-state index contributed by atoms with van der Waals surface area (Å²) in [5, 5.41) is 2.79. The highest BCUT2D eigenvalue weighted by molar-refractivity contribution is 6.03. The molecule has 0 unspecified atom stereocenters. The van der Waals surface area contributed by atoms with Crippen LogP contribution in [-0.4, -0.2) is 25.0 Å². The van der Waals surface area contributed by atoms with E-state index < -0.39 is 5.92 Å². The number of hydrogen-bond acceptors (Lipinski definition) is 3. The molecule has 1 atom stereocenters. The molecule has 1 heterocycles. The zero-order valence-electron chi connectivity index (χ0n) is 14.8. The predicted molar refractivity (Wildman–Crippen MR) is 97.8 cm³/mol. The average Bonchev–Trinajstić information content (AvgIpc) is 3.00. The Bertz CT molecular complexity index is 820. The third-order valence-electron chi connectivity index (χ3n) is 4.40. The molecule has 2 aromatic carbocycles.